The van der Waals surface area contributed by atoms with E-state index in [0.717, 1.165) is 11.2 Å². The first kappa shape index (κ1) is 21.0. The number of para-hydroxylation sites is 4. The molecule has 0 saturated carbocycles. The van der Waals surface area contributed by atoms with Crippen molar-refractivity contribution in [3.8, 4) is 22.5 Å². The average molecular weight is 486 g/mol. The Hall–Kier alpha value is -5.15. The molecule has 0 unspecified atom stereocenters. The van der Waals surface area contributed by atoms with Crippen molar-refractivity contribution < 1.29 is 0 Å². The van der Waals surface area contributed by atoms with Crippen molar-refractivity contribution in [1.82, 2.24) is 14.1 Å². The topological polar surface area (TPSA) is 22.8 Å². The predicted molar refractivity (Wildman–Crippen MR) is 158 cm³/mol. The molecule has 38 heavy (non-hydrogen) atoms. The normalized spacial score (nSPS) is 11.7. The number of benzene rings is 5. The summed E-state index contributed by atoms with van der Waals surface area (Å²) in [6, 6.07) is 45.5. The van der Waals surface area contributed by atoms with Crippen LogP contribution in [0.1, 0.15) is 0 Å². The Morgan fingerprint density at radius 1 is 0.447 bits per heavy atom. The van der Waals surface area contributed by atoms with Crippen LogP contribution in [0.2, 0.25) is 0 Å². The number of hydrogen-bond donors (Lipinski definition) is 0. The van der Waals surface area contributed by atoms with Gasteiger partial charge in [0, 0.05) is 44.7 Å². The minimum absolute atomic E-state index is 1.11. The van der Waals surface area contributed by atoms with Gasteiger partial charge in [0.2, 0.25) is 0 Å². The molecule has 0 aliphatic rings. The Labute approximate surface area is 219 Å². The highest BCUT2D eigenvalue weighted by atomic mass is 15.0. The zero-order valence-corrected chi connectivity index (χ0v) is 20.6. The lowest BCUT2D eigenvalue weighted by atomic mass is 10.00. The summed E-state index contributed by atoms with van der Waals surface area (Å²) in [5.74, 6) is 0. The summed E-state index contributed by atoms with van der Waals surface area (Å²) in [7, 11) is 0. The lowest BCUT2D eigenvalue weighted by Gasteiger charge is -2.12. The van der Waals surface area contributed by atoms with Crippen LogP contribution < -0.4 is 0 Å². The maximum atomic E-state index is 4.48. The molecule has 0 aliphatic heterocycles. The molecule has 0 spiro atoms. The van der Waals surface area contributed by atoms with E-state index in [1.807, 2.05) is 12.4 Å². The summed E-state index contributed by atoms with van der Waals surface area (Å²) in [6.07, 6.45) is 3.86. The van der Waals surface area contributed by atoms with E-state index in [1.54, 1.807) is 0 Å². The first-order valence-corrected chi connectivity index (χ1v) is 12.9. The van der Waals surface area contributed by atoms with Crippen LogP contribution >= 0.6 is 0 Å². The molecule has 3 aromatic heterocycles. The van der Waals surface area contributed by atoms with Gasteiger partial charge < -0.3 is 9.13 Å². The molecule has 5 aromatic carbocycles. The average Bonchev–Trinajstić information content (AvgIpc) is 3.51. The Morgan fingerprint density at radius 3 is 1.92 bits per heavy atom. The molecule has 3 nitrogen and oxygen atoms in total. The molecule has 0 fully saturated rings. The minimum atomic E-state index is 1.11. The van der Waals surface area contributed by atoms with E-state index < -0.39 is 0 Å². The maximum absolute atomic E-state index is 4.48. The number of rotatable bonds is 3. The summed E-state index contributed by atoms with van der Waals surface area (Å²) in [6.45, 7) is 0. The predicted octanol–water partition coefficient (Wildman–Crippen LogP) is 8.94. The number of aromatic nitrogens is 3. The van der Waals surface area contributed by atoms with Crippen LogP contribution in [0, 0.1) is 0 Å². The fourth-order valence-electron chi connectivity index (χ4n) is 5.99. The zero-order valence-electron chi connectivity index (χ0n) is 20.6. The van der Waals surface area contributed by atoms with Crippen molar-refractivity contribution in [2.75, 3.05) is 0 Å². The van der Waals surface area contributed by atoms with Crippen LogP contribution in [0.25, 0.3) is 66.1 Å². The molecule has 0 amide bonds. The molecule has 0 bridgehead atoms. The fraction of sp³-hybridized carbons (Fsp3) is 0. The van der Waals surface area contributed by atoms with Gasteiger partial charge in [0.05, 0.1) is 28.3 Å². The second-order valence-corrected chi connectivity index (χ2v) is 9.69. The Bertz CT molecular complexity index is 2120. The SMILES string of the molecule is c1ccc(-n2c3ccccc3c3cc(-c4cccc5c6ccncc6n(-c6ccccc6)c45)ccc32)cc1. The molecule has 0 radical (unpaired) electrons. The van der Waals surface area contributed by atoms with Crippen molar-refractivity contribution in [2.45, 2.75) is 0 Å². The molecule has 8 aromatic rings. The van der Waals surface area contributed by atoms with Crippen LogP contribution in [-0.4, -0.2) is 14.1 Å². The number of fused-ring (bicyclic) bond motifs is 6. The van der Waals surface area contributed by atoms with Gasteiger partial charge in [-0.2, -0.15) is 0 Å². The largest absolute Gasteiger partial charge is 0.309 e. The third-order valence-electron chi connectivity index (χ3n) is 7.60. The number of hydrogen-bond acceptors (Lipinski definition) is 1. The molecule has 3 heteroatoms. The molecule has 3 heterocycles. The molecule has 178 valence electrons. The van der Waals surface area contributed by atoms with Gasteiger partial charge in [-0.15, -0.1) is 0 Å². The van der Waals surface area contributed by atoms with E-state index in [4.69, 9.17) is 0 Å². The molecule has 0 N–H and O–H groups in total. The third-order valence-corrected chi connectivity index (χ3v) is 7.60. The highest BCUT2D eigenvalue weighted by Crippen LogP contribution is 2.40. The minimum Gasteiger partial charge on any atom is -0.309 e. The standard InChI is InChI=1S/C35H23N3/c1-3-10-25(11-4-1)37-32-17-8-7-14-28(32)31-22-24(18-19-33(31)37)27-15-9-16-30-29-20-21-36-23-34(29)38(35(27)30)26-12-5-2-6-13-26/h1-23H. The maximum Gasteiger partial charge on any atom is 0.0724 e. The van der Waals surface area contributed by atoms with Crippen LogP contribution in [0.4, 0.5) is 0 Å². The quantitative estimate of drug-likeness (QED) is 0.245. The smallest absolute Gasteiger partial charge is 0.0724 e. The molecule has 0 aliphatic carbocycles. The van der Waals surface area contributed by atoms with Crippen LogP contribution in [0.5, 0.6) is 0 Å². The monoisotopic (exact) mass is 485 g/mol. The first-order valence-electron chi connectivity index (χ1n) is 12.9. The molecular formula is C35H23N3. The summed E-state index contributed by atoms with van der Waals surface area (Å²) >= 11 is 0. The number of pyridine rings is 1. The summed E-state index contributed by atoms with van der Waals surface area (Å²) in [4.78, 5) is 4.48. The van der Waals surface area contributed by atoms with Crippen molar-refractivity contribution in [1.29, 1.82) is 0 Å². The van der Waals surface area contributed by atoms with E-state index in [0.29, 0.717) is 0 Å². The highest BCUT2D eigenvalue weighted by molar-refractivity contribution is 6.15. The molecule has 0 atom stereocenters. The summed E-state index contributed by atoms with van der Waals surface area (Å²) < 4.78 is 4.71. The van der Waals surface area contributed by atoms with E-state index in [-0.39, 0.29) is 0 Å². The van der Waals surface area contributed by atoms with Gasteiger partial charge in [0.15, 0.2) is 0 Å². The number of nitrogens with zero attached hydrogens (tertiary/aromatic N) is 3. The van der Waals surface area contributed by atoms with E-state index in [9.17, 15) is 0 Å². The molecule has 8 rings (SSSR count). The van der Waals surface area contributed by atoms with Crippen LogP contribution in [0.15, 0.2) is 140 Å². The van der Waals surface area contributed by atoms with Crippen LogP contribution in [0.3, 0.4) is 0 Å². The summed E-state index contributed by atoms with van der Waals surface area (Å²) in [5.41, 5.74) is 9.46. The van der Waals surface area contributed by atoms with Gasteiger partial charge in [-0.3, -0.25) is 4.98 Å². The fourth-order valence-corrected chi connectivity index (χ4v) is 5.99. The van der Waals surface area contributed by atoms with Crippen LogP contribution in [-0.2, 0) is 0 Å². The van der Waals surface area contributed by atoms with Crippen molar-refractivity contribution in [3.05, 3.63) is 140 Å². The van der Waals surface area contributed by atoms with Gasteiger partial charge in [0.25, 0.3) is 0 Å². The van der Waals surface area contributed by atoms with E-state index in [2.05, 4.69) is 142 Å². The van der Waals surface area contributed by atoms with E-state index >= 15 is 0 Å². The second-order valence-electron chi connectivity index (χ2n) is 9.69. The first-order chi connectivity index (χ1) is 18.9. The molecular weight excluding hydrogens is 462 g/mol. The van der Waals surface area contributed by atoms with Crippen molar-refractivity contribution in [2.24, 2.45) is 0 Å². The Balaban J connectivity index is 1.46. The summed E-state index contributed by atoms with van der Waals surface area (Å²) in [5, 5.41) is 4.95. The van der Waals surface area contributed by atoms with Crippen molar-refractivity contribution in [3.63, 3.8) is 0 Å². The van der Waals surface area contributed by atoms with Gasteiger partial charge in [-0.25, -0.2) is 0 Å². The zero-order chi connectivity index (χ0) is 25.1. The lowest BCUT2D eigenvalue weighted by molar-refractivity contribution is 1.17. The van der Waals surface area contributed by atoms with Gasteiger partial charge >= 0.3 is 0 Å². The van der Waals surface area contributed by atoms with Gasteiger partial charge in [-0.1, -0.05) is 78.9 Å². The second kappa shape index (κ2) is 8.19. The highest BCUT2D eigenvalue weighted by Gasteiger charge is 2.18. The molecule has 0 saturated heterocycles. The van der Waals surface area contributed by atoms with Crippen molar-refractivity contribution >= 4 is 43.6 Å². The third kappa shape index (κ3) is 2.99. The Morgan fingerprint density at radius 2 is 1.11 bits per heavy atom. The van der Waals surface area contributed by atoms with Gasteiger partial charge in [-0.05, 0) is 54.1 Å². The van der Waals surface area contributed by atoms with E-state index in [1.165, 1.54) is 54.9 Å². The lowest BCUT2D eigenvalue weighted by Crippen LogP contribution is -1.95. The Kier molecular flexibility index (Phi) is 4.52. The van der Waals surface area contributed by atoms with Gasteiger partial charge in [0.1, 0.15) is 0 Å².